The first kappa shape index (κ1) is 20.0. The molecule has 2 aromatic rings. The molecule has 1 aliphatic rings. The van der Waals surface area contributed by atoms with Gasteiger partial charge in [-0.3, -0.25) is 9.59 Å². The summed E-state index contributed by atoms with van der Waals surface area (Å²) in [4.78, 5) is 24.0. The number of nitrogens with two attached hydrogens (primary N) is 1. The lowest BCUT2D eigenvalue weighted by atomic mass is 9.98. The van der Waals surface area contributed by atoms with Gasteiger partial charge >= 0.3 is 0 Å². The van der Waals surface area contributed by atoms with Crippen molar-refractivity contribution >= 4 is 27.5 Å². The van der Waals surface area contributed by atoms with Crippen LogP contribution in [-0.2, 0) is 14.8 Å². The fraction of sp³-hybridized carbons (Fsp3) is 0.300. The Balaban J connectivity index is 1.69. The number of hydrogen-bond acceptors (Lipinski definition) is 4. The van der Waals surface area contributed by atoms with Gasteiger partial charge in [0.25, 0.3) is 0 Å². The Morgan fingerprint density at radius 1 is 1.07 bits per heavy atom. The zero-order valence-electron chi connectivity index (χ0n) is 15.6. The van der Waals surface area contributed by atoms with Crippen molar-refractivity contribution in [2.75, 3.05) is 18.4 Å². The lowest BCUT2D eigenvalue weighted by Gasteiger charge is -2.31. The SMILES string of the molecule is Cc1ccc(S(=O)(=O)N2CCC[C@H](C(=O)Nc3ccc(C(N)=O)cc3)C2)cc1. The quantitative estimate of drug-likeness (QED) is 0.800. The molecular formula is C20H23N3O4S. The Morgan fingerprint density at radius 2 is 1.71 bits per heavy atom. The summed E-state index contributed by atoms with van der Waals surface area (Å²) in [5, 5.41) is 2.78. The van der Waals surface area contributed by atoms with Crippen molar-refractivity contribution in [1.29, 1.82) is 0 Å². The molecular weight excluding hydrogens is 378 g/mol. The van der Waals surface area contributed by atoms with Gasteiger partial charge in [0.15, 0.2) is 0 Å². The van der Waals surface area contributed by atoms with Crippen LogP contribution in [0.5, 0.6) is 0 Å². The van der Waals surface area contributed by atoms with Crippen molar-refractivity contribution in [3.63, 3.8) is 0 Å². The second-order valence-corrected chi connectivity index (χ2v) is 8.88. The zero-order valence-corrected chi connectivity index (χ0v) is 16.4. The maximum Gasteiger partial charge on any atom is 0.248 e. The largest absolute Gasteiger partial charge is 0.366 e. The number of primary amides is 1. The van der Waals surface area contributed by atoms with Crippen LogP contribution in [0.1, 0.15) is 28.8 Å². The molecule has 28 heavy (non-hydrogen) atoms. The maximum atomic E-state index is 12.9. The number of sulfonamides is 1. The lowest BCUT2D eigenvalue weighted by Crippen LogP contribution is -2.43. The highest BCUT2D eigenvalue weighted by molar-refractivity contribution is 7.89. The highest BCUT2D eigenvalue weighted by atomic mass is 32.2. The summed E-state index contributed by atoms with van der Waals surface area (Å²) in [6, 6.07) is 13.0. The molecule has 0 saturated carbocycles. The second-order valence-electron chi connectivity index (χ2n) is 6.95. The van der Waals surface area contributed by atoms with Gasteiger partial charge in [-0.05, 0) is 56.2 Å². The predicted molar refractivity (Wildman–Crippen MR) is 106 cm³/mol. The van der Waals surface area contributed by atoms with Gasteiger partial charge in [-0.25, -0.2) is 8.42 Å². The molecule has 0 bridgehead atoms. The highest BCUT2D eigenvalue weighted by Gasteiger charge is 2.33. The van der Waals surface area contributed by atoms with Gasteiger partial charge in [-0.15, -0.1) is 0 Å². The van der Waals surface area contributed by atoms with Gasteiger partial charge in [-0.1, -0.05) is 17.7 Å². The van der Waals surface area contributed by atoms with E-state index >= 15 is 0 Å². The monoisotopic (exact) mass is 401 g/mol. The van der Waals surface area contributed by atoms with Crippen molar-refractivity contribution < 1.29 is 18.0 Å². The molecule has 0 aliphatic carbocycles. The molecule has 2 amide bonds. The van der Waals surface area contributed by atoms with Gasteiger partial charge in [0.2, 0.25) is 21.8 Å². The van der Waals surface area contributed by atoms with E-state index < -0.39 is 21.8 Å². The summed E-state index contributed by atoms with van der Waals surface area (Å²) >= 11 is 0. The first-order chi connectivity index (χ1) is 13.3. The van der Waals surface area contributed by atoms with Crippen molar-refractivity contribution in [2.45, 2.75) is 24.7 Å². The van der Waals surface area contributed by atoms with E-state index in [1.54, 1.807) is 36.4 Å². The molecule has 0 unspecified atom stereocenters. The Morgan fingerprint density at radius 3 is 2.32 bits per heavy atom. The van der Waals surface area contributed by atoms with Crippen molar-refractivity contribution in [3.05, 3.63) is 59.7 Å². The fourth-order valence-electron chi connectivity index (χ4n) is 3.20. The summed E-state index contributed by atoms with van der Waals surface area (Å²) in [7, 11) is -3.63. The zero-order chi connectivity index (χ0) is 20.3. The van der Waals surface area contributed by atoms with Crippen molar-refractivity contribution in [1.82, 2.24) is 4.31 Å². The van der Waals surface area contributed by atoms with Gasteiger partial charge in [0, 0.05) is 24.3 Å². The number of carbonyl (C=O) groups excluding carboxylic acids is 2. The third-order valence-corrected chi connectivity index (χ3v) is 6.73. The van der Waals surface area contributed by atoms with E-state index in [0.29, 0.717) is 30.6 Å². The Labute approximate surface area is 164 Å². The van der Waals surface area contributed by atoms with E-state index in [-0.39, 0.29) is 17.3 Å². The molecule has 0 radical (unpaired) electrons. The number of benzene rings is 2. The van der Waals surface area contributed by atoms with E-state index in [4.69, 9.17) is 5.73 Å². The summed E-state index contributed by atoms with van der Waals surface area (Å²) < 4.78 is 27.1. The number of anilines is 1. The van der Waals surface area contributed by atoms with Crippen LogP contribution in [0.2, 0.25) is 0 Å². The normalized spacial score (nSPS) is 17.8. The number of amides is 2. The number of aryl methyl sites for hydroxylation is 1. The molecule has 0 aromatic heterocycles. The number of piperidine rings is 1. The maximum absolute atomic E-state index is 12.9. The molecule has 1 aliphatic heterocycles. The van der Waals surface area contributed by atoms with Gasteiger partial charge in [0.1, 0.15) is 0 Å². The molecule has 1 atom stereocenters. The van der Waals surface area contributed by atoms with Gasteiger partial charge in [0.05, 0.1) is 10.8 Å². The average molecular weight is 401 g/mol. The lowest BCUT2D eigenvalue weighted by molar-refractivity contribution is -0.120. The third kappa shape index (κ3) is 4.40. The fourth-order valence-corrected chi connectivity index (χ4v) is 4.72. The third-order valence-electron chi connectivity index (χ3n) is 4.85. The van der Waals surface area contributed by atoms with Crippen molar-refractivity contribution in [3.8, 4) is 0 Å². The standard InChI is InChI=1S/C20H23N3O4S/c1-14-4-10-18(11-5-14)28(26,27)23-12-2-3-16(13-23)20(25)22-17-8-6-15(7-9-17)19(21)24/h4-11,16H,2-3,12-13H2,1H3,(H2,21,24)(H,22,25)/t16-/m0/s1. The molecule has 3 rings (SSSR count). The Hall–Kier alpha value is -2.71. The van der Waals surface area contributed by atoms with E-state index in [9.17, 15) is 18.0 Å². The van der Waals surface area contributed by atoms with E-state index in [1.165, 1.54) is 16.4 Å². The molecule has 7 nitrogen and oxygen atoms in total. The van der Waals surface area contributed by atoms with Crippen LogP contribution in [0.4, 0.5) is 5.69 Å². The van der Waals surface area contributed by atoms with Crippen LogP contribution < -0.4 is 11.1 Å². The average Bonchev–Trinajstić information content (AvgIpc) is 2.69. The van der Waals surface area contributed by atoms with Crippen LogP contribution in [0, 0.1) is 12.8 Å². The van der Waals surface area contributed by atoms with Gasteiger partial charge in [-0.2, -0.15) is 4.31 Å². The number of rotatable bonds is 5. The smallest absolute Gasteiger partial charge is 0.248 e. The molecule has 148 valence electrons. The summed E-state index contributed by atoms with van der Waals surface area (Å²) in [5.74, 6) is -1.22. The number of carbonyl (C=O) groups is 2. The van der Waals surface area contributed by atoms with E-state index in [1.807, 2.05) is 6.92 Å². The Kier molecular flexibility index (Phi) is 5.81. The topological polar surface area (TPSA) is 110 Å². The second kappa shape index (κ2) is 8.12. The summed E-state index contributed by atoms with van der Waals surface area (Å²) in [5.41, 5.74) is 7.08. The highest BCUT2D eigenvalue weighted by Crippen LogP contribution is 2.25. The first-order valence-corrected chi connectivity index (χ1v) is 10.5. The first-order valence-electron chi connectivity index (χ1n) is 9.05. The van der Waals surface area contributed by atoms with E-state index in [0.717, 1.165) is 5.56 Å². The van der Waals surface area contributed by atoms with E-state index in [2.05, 4.69) is 5.32 Å². The predicted octanol–water partition coefficient (Wildman–Crippen LogP) is 2.13. The van der Waals surface area contributed by atoms with Gasteiger partial charge < -0.3 is 11.1 Å². The molecule has 1 fully saturated rings. The molecule has 1 heterocycles. The molecule has 3 N–H and O–H groups in total. The summed E-state index contributed by atoms with van der Waals surface area (Å²) in [6.07, 6.45) is 1.23. The van der Waals surface area contributed by atoms with Crippen LogP contribution >= 0.6 is 0 Å². The minimum Gasteiger partial charge on any atom is -0.366 e. The number of hydrogen-bond donors (Lipinski definition) is 2. The Bertz CT molecular complexity index is 970. The van der Waals surface area contributed by atoms with Crippen LogP contribution in [0.25, 0.3) is 0 Å². The molecule has 0 spiro atoms. The molecule has 1 saturated heterocycles. The van der Waals surface area contributed by atoms with Crippen LogP contribution in [0.15, 0.2) is 53.4 Å². The minimum absolute atomic E-state index is 0.140. The number of nitrogens with one attached hydrogen (secondary N) is 1. The minimum atomic E-state index is -3.63. The summed E-state index contributed by atoms with van der Waals surface area (Å²) in [6.45, 7) is 2.43. The molecule has 8 heteroatoms. The van der Waals surface area contributed by atoms with Crippen molar-refractivity contribution in [2.24, 2.45) is 11.7 Å². The van der Waals surface area contributed by atoms with Crippen LogP contribution in [-0.4, -0.2) is 37.6 Å². The van der Waals surface area contributed by atoms with Crippen LogP contribution in [0.3, 0.4) is 0 Å². The number of nitrogens with zero attached hydrogens (tertiary/aromatic N) is 1. The molecule has 2 aromatic carbocycles.